The molecule has 0 aliphatic carbocycles. The van der Waals surface area contributed by atoms with E-state index in [1.54, 1.807) is 10.9 Å². The zero-order valence-corrected chi connectivity index (χ0v) is 10.9. The number of carbonyl (C=O) groups excluding carboxylic acids is 1. The monoisotopic (exact) mass is 253 g/mol. The highest BCUT2D eigenvalue weighted by molar-refractivity contribution is 5.89. The quantitative estimate of drug-likeness (QED) is 0.786. The summed E-state index contributed by atoms with van der Waals surface area (Å²) in [5.41, 5.74) is 5.82. The minimum Gasteiger partial charge on any atom is -0.456 e. The SMILES string of the molecule is CC(C)(C)OC(=O)c1cnn([C@@H]2COC[C@@H]2N)c1. The van der Waals surface area contributed by atoms with Gasteiger partial charge in [-0.25, -0.2) is 4.79 Å². The van der Waals surface area contributed by atoms with Crippen molar-refractivity contribution in [1.82, 2.24) is 9.78 Å². The highest BCUT2D eigenvalue weighted by atomic mass is 16.6. The molecule has 0 radical (unpaired) electrons. The fourth-order valence-electron chi connectivity index (χ4n) is 1.79. The van der Waals surface area contributed by atoms with E-state index in [4.69, 9.17) is 15.2 Å². The highest BCUT2D eigenvalue weighted by Gasteiger charge is 2.28. The number of ether oxygens (including phenoxy) is 2. The van der Waals surface area contributed by atoms with Crippen LogP contribution in [0, 0.1) is 0 Å². The zero-order chi connectivity index (χ0) is 13.3. The van der Waals surface area contributed by atoms with E-state index in [0.29, 0.717) is 18.8 Å². The molecule has 1 aliphatic rings. The summed E-state index contributed by atoms with van der Waals surface area (Å²) in [6.07, 6.45) is 3.16. The molecule has 0 unspecified atom stereocenters. The van der Waals surface area contributed by atoms with Gasteiger partial charge in [0.1, 0.15) is 5.60 Å². The van der Waals surface area contributed by atoms with Crippen molar-refractivity contribution in [3.05, 3.63) is 18.0 Å². The number of hydrogen-bond donors (Lipinski definition) is 1. The van der Waals surface area contributed by atoms with Gasteiger partial charge < -0.3 is 15.2 Å². The molecule has 2 atom stereocenters. The Morgan fingerprint density at radius 1 is 1.56 bits per heavy atom. The van der Waals surface area contributed by atoms with Crippen molar-refractivity contribution >= 4 is 5.97 Å². The molecule has 1 saturated heterocycles. The van der Waals surface area contributed by atoms with Crippen molar-refractivity contribution in [3.8, 4) is 0 Å². The topological polar surface area (TPSA) is 79.4 Å². The Kier molecular flexibility index (Phi) is 3.41. The average molecular weight is 253 g/mol. The van der Waals surface area contributed by atoms with Gasteiger partial charge in [0.05, 0.1) is 37.1 Å². The van der Waals surface area contributed by atoms with Crippen LogP contribution in [0.15, 0.2) is 12.4 Å². The third-order valence-electron chi connectivity index (χ3n) is 2.67. The fraction of sp³-hybridized carbons (Fsp3) is 0.667. The number of carbonyl (C=O) groups is 1. The molecular formula is C12H19N3O3. The molecule has 0 bridgehead atoms. The highest BCUT2D eigenvalue weighted by Crippen LogP contribution is 2.18. The van der Waals surface area contributed by atoms with Crippen molar-refractivity contribution in [2.75, 3.05) is 13.2 Å². The first-order valence-corrected chi connectivity index (χ1v) is 5.97. The van der Waals surface area contributed by atoms with Crippen LogP contribution in [0.5, 0.6) is 0 Å². The Labute approximate surface area is 106 Å². The van der Waals surface area contributed by atoms with Crippen LogP contribution in [0.3, 0.4) is 0 Å². The normalized spacial score (nSPS) is 24.2. The molecule has 2 heterocycles. The summed E-state index contributed by atoms with van der Waals surface area (Å²) in [6, 6.07) is -0.0995. The van der Waals surface area contributed by atoms with E-state index in [1.165, 1.54) is 6.20 Å². The average Bonchev–Trinajstić information content (AvgIpc) is 2.82. The van der Waals surface area contributed by atoms with Crippen LogP contribution in [0.25, 0.3) is 0 Å². The second kappa shape index (κ2) is 4.70. The largest absolute Gasteiger partial charge is 0.456 e. The lowest BCUT2D eigenvalue weighted by Crippen LogP contribution is -2.31. The van der Waals surface area contributed by atoms with Gasteiger partial charge in [0.2, 0.25) is 0 Å². The van der Waals surface area contributed by atoms with Gasteiger partial charge in [-0.15, -0.1) is 0 Å². The Hall–Kier alpha value is -1.40. The van der Waals surface area contributed by atoms with E-state index in [1.807, 2.05) is 20.8 Å². The van der Waals surface area contributed by atoms with E-state index in [0.717, 1.165) is 0 Å². The molecule has 2 N–H and O–H groups in total. The van der Waals surface area contributed by atoms with Gasteiger partial charge in [-0.2, -0.15) is 5.10 Å². The van der Waals surface area contributed by atoms with Gasteiger partial charge in [-0.05, 0) is 20.8 Å². The van der Waals surface area contributed by atoms with Crippen molar-refractivity contribution in [1.29, 1.82) is 0 Å². The molecule has 1 aromatic heterocycles. The smallest absolute Gasteiger partial charge is 0.341 e. The van der Waals surface area contributed by atoms with Crippen LogP contribution in [0.1, 0.15) is 37.2 Å². The summed E-state index contributed by atoms with van der Waals surface area (Å²) < 4.78 is 12.2. The maximum atomic E-state index is 11.8. The molecule has 0 spiro atoms. The number of esters is 1. The molecule has 2 rings (SSSR count). The first-order chi connectivity index (χ1) is 8.37. The summed E-state index contributed by atoms with van der Waals surface area (Å²) in [5, 5.41) is 4.16. The lowest BCUT2D eigenvalue weighted by atomic mass is 10.2. The summed E-state index contributed by atoms with van der Waals surface area (Å²) >= 11 is 0. The number of hydrogen-bond acceptors (Lipinski definition) is 5. The first-order valence-electron chi connectivity index (χ1n) is 5.97. The molecule has 0 amide bonds. The van der Waals surface area contributed by atoms with E-state index < -0.39 is 5.60 Å². The lowest BCUT2D eigenvalue weighted by Gasteiger charge is -2.18. The number of aromatic nitrogens is 2. The Morgan fingerprint density at radius 3 is 2.83 bits per heavy atom. The van der Waals surface area contributed by atoms with Crippen LogP contribution >= 0.6 is 0 Å². The molecule has 0 aromatic carbocycles. The molecule has 1 aliphatic heterocycles. The van der Waals surface area contributed by atoms with Gasteiger partial charge in [-0.3, -0.25) is 4.68 Å². The maximum absolute atomic E-state index is 11.8. The van der Waals surface area contributed by atoms with Gasteiger partial charge in [0, 0.05) is 6.20 Å². The minimum atomic E-state index is -0.508. The third kappa shape index (κ3) is 2.88. The standard InChI is InChI=1S/C12H19N3O3/c1-12(2,3)18-11(16)8-4-14-15(5-8)10-7-17-6-9(10)13/h4-5,9-10H,6-7,13H2,1-3H3/t9-,10+/m0/s1. The Morgan fingerprint density at radius 2 is 2.28 bits per heavy atom. The summed E-state index contributed by atoms with van der Waals surface area (Å²) in [4.78, 5) is 11.8. The predicted molar refractivity (Wildman–Crippen MR) is 65.2 cm³/mol. The van der Waals surface area contributed by atoms with Gasteiger partial charge >= 0.3 is 5.97 Å². The molecule has 1 fully saturated rings. The second-order valence-corrected chi connectivity index (χ2v) is 5.48. The molecule has 18 heavy (non-hydrogen) atoms. The number of rotatable bonds is 2. The molecule has 100 valence electrons. The molecule has 6 heteroatoms. The molecule has 0 saturated carbocycles. The first kappa shape index (κ1) is 13.0. The summed E-state index contributed by atoms with van der Waals surface area (Å²) in [7, 11) is 0. The molecular weight excluding hydrogens is 234 g/mol. The summed E-state index contributed by atoms with van der Waals surface area (Å²) in [5.74, 6) is -0.374. The van der Waals surface area contributed by atoms with Crippen molar-refractivity contribution in [2.24, 2.45) is 5.73 Å². The van der Waals surface area contributed by atoms with Gasteiger partial charge in [0.25, 0.3) is 0 Å². The predicted octanol–water partition coefficient (Wildman–Crippen LogP) is 0.737. The third-order valence-corrected chi connectivity index (χ3v) is 2.67. The van der Waals surface area contributed by atoms with Crippen LogP contribution in [-0.4, -0.2) is 40.6 Å². The minimum absolute atomic E-state index is 0.0128. The molecule has 1 aromatic rings. The van der Waals surface area contributed by atoms with Crippen molar-refractivity contribution in [2.45, 2.75) is 38.5 Å². The van der Waals surface area contributed by atoms with E-state index >= 15 is 0 Å². The van der Waals surface area contributed by atoms with Crippen LogP contribution < -0.4 is 5.73 Å². The maximum Gasteiger partial charge on any atom is 0.341 e. The van der Waals surface area contributed by atoms with Crippen molar-refractivity contribution in [3.63, 3.8) is 0 Å². The zero-order valence-electron chi connectivity index (χ0n) is 10.9. The van der Waals surface area contributed by atoms with Crippen LogP contribution in [0.2, 0.25) is 0 Å². The van der Waals surface area contributed by atoms with Gasteiger partial charge in [-0.1, -0.05) is 0 Å². The second-order valence-electron chi connectivity index (χ2n) is 5.48. The van der Waals surface area contributed by atoms with Crippen LogP contribution in [-0.2, 0) is 9.47 Å². The lowest BCUT2D eigenvalue weighted by molar-refractivity contribution is 0.00693. The fourth-order valence-corrected chi connectivity index (χ4v) is 1.79. The summed E-state index contributed by atoms with van der Waals surface area (Å²) in [6.45, 7) is 6.53. The number of nitrogens with zero attached hydrogens (tertiary/aromatic N) is 2. The molecule has 6 nitrogen and oxygen atoms in total. The van der Waals surface area contributed by atoms with Crippen molar-refractivity contribution < 1.29 is 14.3 Å². The van der Waals surface area contributed by atoms with Gasteiger partial charge in [0.15, 0.2) is 0 Å². The van der Waals surface area contributed by atoms with E-state index in [9.17, 15) is 4.79 Å². The van der Waals surface area contributed by atoms with Crippen LogP contribution in [0.4, 0.5) is 0 Å². The Bertz CT molecular complexity index is 436. The number of nitrogens with two attached hydrogens (primary N) is 1. The van der Waals surface area contributed by atoms with E-state index in [2.05, 4.69) is 5.10 Å². The Balaban J connectivity index is 2.08. The van der Waals surface area contributed by atoms with E-state index in [-0.39, 0.29) is 18.1 Å².